The van der Waals surface area contributed by atoms with Crippen LogP contribution in [0.4, 0.5) is 5.82 Å². The molecule has 1 aromatic rings. The molecule has 0 amide bonds. The quantitative estimate of drug-likeness (QED) is 0.671. The fourth-order valence-electron chi connectivity index (χ4n) is 1.05. The maximum absolute atomic E-state index is 4.14. The van der Waals surface area contributed by atoms with Gasteiger partial charge in [-0.3, -0.25) is 0 Å². The second-order valence-electron chi connectivity index (χ2n) is 2.84. The van der Waals surface area contributed by atoms with Crippen LogP contribution in [-0.2, 0) is 0 Å². The summed E-state index contributed by atoms with van der Waals surface area (Å²) in [6.45, 7) is 5.06. The molecule has 0 bridgehead atoms. The van der Waals surface area contributed by atoms with Crippen LogP contribution in [0.25, 0.3) is 0 Å². The molecule has 4 nitrogen and oxygen atoms in total. The zero-order chi connectivity index (χ0) is 9.52. The average molecular weight is 180 g/mol. The zero-order valence-corrected chi connectivity index (χ0v) is 8.20. The van der Waals surface area contributed by atoms with Crippen LogP contribution in [0.3, 0.4) is 0 Å². The standard InChI is InChI=1S/C9H16N4/c1-3-10-6-7-13(2)9-4-5-11-8-12-9/h4-5,8,10H,3,6-7H2,1-2H3. The number of nitrogens with one attached hydrogen (secondary N) is 1. The first-order valence-corrected chi connectivity index (χ1v) is 4.52. The number of anilines is 1. The topological polar surface area (TPSA) is 41.0 Å². The van der Waals surface area contributed by atoms with Gasteiger partial charge in [0.1, 0.15) is 12.1 Å². The fourth-order valence-corrected chi connectivity index (χ4v) is 1.05. The lowest BCUT2D eigenvalue weighted by molar-refractivity contribution is 0.702. The number of rotatable bonds is 5. The molecule has 0 saturated heterocycles. The van der Waals surface area contributed by atoms with Crippen molar-refractivity contribution in [2.45, 2.75) is 6.92 Å². The summed E-state index contributed by atoms with van der Waals surface area (Å²) in [5.41, 5.74) is 0. The lowest BCUT2D eigenvalue weighted by Crippen LogP contribution is -2.29. The van der Waals surface area contributed by atoms with E-state index in [4.69, 9.17) is 0 Å². The molecule has 1 aromatic heterocycles. The Morgan fingerprint density at radius 3 is 3.00 bits per heavy atom. The first-order chi connectivity index (χ1) is 6.34. The van der Waals surface area contributed by atoms with Crippen molar-refractivity contribution < 1.29 is 0 Å². The van der Waals surface area contributed by atoms with Crippen molar-refractivity contribution in [3.8, 4) is 0 Å². The molecule has 0 unspecified atom stereocenters. The van der Waals surface area contributed by atoms with Crippen LogP contribution >= 0.6 is 0 Å². The van der Waals surface area contributed by atoms with Gasteiger partial charge in [0.05, 0.1) is 0 Å². The predicted molar refractivity (Wildman–Crippen MR) is 53.8 cm³/mol. The van der Waals surface area contributed by atoms with Gasteiger partial charge >= 0.3 is 0 Å². The Hall–Kier alpha value is -1.16. The summed E-state index contributed by atoms with van der Waals surface area (Å²) in [4.78, 5) is 10.1. The van der Waals surface area contributed by atoms with Gasteiger partial charge in [-0.05, 0) is 12.6 Å². The van der Waals surface area contributed by atoms with Gasteiger partial charge in [0.15, 0.2) is 0 Å². The maximum atomic E-state index is 4.14. The van der Waals surface area contributed by atoms with Crippen molar-refractivity contribution >= 4 is 5.82 Å². The van der Waals surface area contributed by atoms with E-state index in [1.807, 2.05) is 13.1 Å². The van der Waals surface area contributed by atoms with Crippen molar-refractivity contribution in [3.05, 3.63) is 18.6 Å². The molecule has 0 spiro atoms. The maximum Gasteiger partial charge on any atom is 0.131 e. The summed E-state index contributed by atoms with van der Waals surface area (Å²) >= 11 is 0. The second kappa shape index (κ2) is 5.48. The summed E-state index contributed by atoms with van der Waals surface area (Å²) in [6, 6.07) is 1.91. The number of aromatic nitrogens is 2. The Labute approximate surface area is 79.0 Å². The fraction of sp³-hybridized carbons (Fsp3) is 0.556. The highest BCUT2D eigenvalue weighted by Gasteiger charge is 1.99. The summed E-state index contributed by atoms with van der Waals surface area (Å²) < 4.78 is 0. The van der Waals surface area contributed by atoms with E-state index in [2.05, 4.69) is 27.1 Å². The second-order valence-corrected chi connectivity index (χ2v) is 2.84. The molecule has 13 heavy (non-hydrogen) atoms. The predicted octanol–water partition coefficient (Wildman–Crippen LogP) is 0.522. The van der Waals surface area contributed by atoms with Gasteiger partial charge in [-0.25, -0.2) is 9.97 Å². The molecule has 0 aliphatic heterocycles. The van der Waals surface area contributed by atoms with Gasteiger partial charge in [-0.15, -0.1) is 0 Å². The highest BCUT2D eigenvalue weighted by molar-refractivity contribution is 5.34. The van der Waals surface area contributed by atoms with Crippen LogP contribution in [0, 0.1) is 0 Å². The molecule has 0 aliphatic carbocycles. The van der Waals surface area contributed by atoms with E-state index in [0.29, 0.717) is 0 Å². The Morgan fingerprint density at radius 1 is 1.54 bits per heavy atom. The molecule has 4 heteroatoms. The highest BCUT2D eigenvalue weighted by atomic mass is 15.2. The number of hydrogen-bond donors (Lipinski definition) is 1. The van der Waals surface area contributed by atoms with E-state index in [1.54, 1.807) is 12.5 Å². The van der Waals surface area contributed by atoms with E-state index in [9.17, 15) is 0 Å². The Bertz CT molecular complexity index is 224. The van der Waals surface area contributed by atoms with Gasteiger partial charge in [0, 0.05) is 26.3 Å². The smallest absolute Gasteiger partial charge is 0.131 e. The van der Waals surface area contributed by atoms with Gasteiger partial charge in [0.2, 0.25) is 0 Å². The van der Waals surface area contributed by atoms with Crippen molar-refractivity contribution in [3.63, 3.8) is 0 Å². The number of hydrogen-bond acceptors (Lipinski definition) is 4. The van der Waals surface area contributed by atoms with Crippen molar-refractivity contribution in [1.29, 1.82) is 0 Å². The molecule has 1 rings (SSSR count). The van der Waals surface area contributed by atoms with Crippen LogP contribution < -0.4 is 10.2 Å². The zero-order valence-electron chi connectivity index (χ0n) is 8.20. The third kappa shape index (κ3) is 3.38. The molecule has 1 N–H and O–H groups in total. The largest absolute Gasteiger partial charge is 0.358 e. The SMILES string of the molecule is CCNCCN(C)c1ccncn1. The third-order valence-corrected chi connectivity index (χ3v) is 1.83. The molecule has 0 radical (unpaired) electrons. The lowest BCUT2D eigenvalue weighted by Gasteiger charge is -2.17. The summed E-state index contributed by atoms with van der Waals surface area (Å²) in [6.07, 6.45) is 3.32. The monoisotopic (exact) mass is 180 g/mol. The van der Waals surface area contributed by atoms with E-state index in [0.717, 1.165) is 25.5 Å². The Kier molecular flexibility index (Phi) is 4.18. The minimum atomic E-state index is 0.963. The minimum Gasteiger partial charge on any atom is -0.358 e. The van der Waals surface area contributed by atoms with E-state index in [-0.39, 0.29) is 0 Å². The number of likely N-dealkylation sites (N-methyl/N-ethyl adjacent to an activating group) is 2. The van der Waals surface area contributed by atoms with E-state index in [1.165, 1.54) is 0 Å². The van der Waals surface area contributed by atoms with Crippen LogP contribution in [0.5, 0.6) is 0 Å². The van der Waals surface area contributed by atoms with Gasteiger partial charge in [-0.1, -0.05) is 6.92 Å². The van der Waals surface area contributed by atoms with Crippen molar-refractivity contribution in [2.75, 3.05) is 31.6 Å². The third-order valence-electron chi connectivity index (χ3n) is 1.83. The van der Waals surface area contributed by atoms with Crippen LogP contribution in [0.2, 0.25) is 0 Å². The summed E-state index contributed by atoms with van der Waals surface area (Å²) in [5.74, 6) is 0.966. The first-order valence-electron chi connectivity index (χ1n) is 4.52. The van der Waals surface area contributed by atoms with Gasteiger partial charge < -0.3 is 10.2 Å². The van der Waals surface area contributed by atoms with E-state index >= 15 is 0 Å². The molecule has 0 aromatic carbocycles. The Balaban J connectivity index is 2.35. The first kappa shape index (κ1) is 9.92. The minimum absolute atomic E-state index is 0.963. The Morgan fingerprint density at radius 2 is 2.38 bits per heavy atom. The van der Waals surface area contributed by atoms with Crippen molar-refractivity contribution in [1.82, 2.24) is 15.3 Å². The molecule has 1 heterocycles. The molecular formula is C9H16N4. The van der Waals surface area contributed by atoms with Crippen LogP contribution in [0.1, 0.15) is 6.92 Å². The van der Waals surface area contributed by atoms with Crippen LogP contribution in [0.15, 0.2) is 18.6 Å². The van der Waals surface area contributed by atoms with Gasteiger partial charge in [-0.2, -0.15) is 0 Å². The molecule has 0 fully saturated rings. The molecule has 0 saturated carbocycles. The summed E-state index contributed by atoms with van der Waals surface area (Å²) in [7, 11) is 2.03. The molecule has 0 atom stereocenters. The lowest BCUT2D eigenvalue weighted by atomic mass is 10.5. The van der Waals surface area contributed by atoms with Crippen molar-refractivity contribution in [2.24, 2.45) is 0 Å². The molecular weight excluding hydrogens is 164 g/mol. The molecule has 0 aliphatic rings. The van der Waals surface area contributed by atoms with Crippen LogP contribution in [-0.4, -0.2) is 36.6 Å². The van der Waals surface area contributed by atoms with E-state index < -0.39 is 0 Å². The van der Waals surface area contributed by atoms with Gasteiger partial charge in [0.25, 0.3) is 0 Å². The normalized spacial score (nSPS) is 10.0. The summed E-state index contributed by atoms with van der Waals surface area (Å²) in [5, 5.41) is 3.26. The average Bonchev–Trinajstić information content (AvgIpc) is 2.19. The molecule has 72 valence electrons. The number of nitrogens with zero attached hydrogens (tertiary/aromatic N) is 3. The highest BCUT2D eigenvalue weighted by Crippen LogP contribution is 2.03.